The van der Waals surface area contributed by atoms with Crippen molar-refractivity contribution in [2.75, 3.05) is 0 Å². The van der Waals surface area contributed by atoms with Crippen molar-refractivity contribution >= 4 is 17.4 Å². The zero-order valence-corrected chi connectivity index (χ0v) is 10.3. The second-order valence-corrected chi connectivity index (χ2v) is 4.17. The predicted molar refractivity (Wildman–Crippen MR) is 63.2 cm³/mol. The van der Waals surface area contributed by atoms with E-state index in [1.165, 1.54) is 6.92 Å². The standard InChI is InChI=1S/C12H15ClO3/c1-7(14)9(3)16-12-5-4-10(8(2)15)6-11(12)13/h4-7,9,14H,1-3H3. The highest BCUT2D eigenvalue weighted by Crippen LogP contribution is 2.27. The molecule has 0 aliphatic heterocycles. The molecular weight excluding hydrogens is 228 g/mol. The molecule has 3 nitrogen and oxygen atoms in total. The molecule has 0 aliphatic rings. The highest BCUT2D eigenvalue weighted by molar-refractivity contribution is 6.32. The largest absolute Gasteiger partial charge is 0.486 e. The van der Waals surface area contributed by atoms with Gasteiger partial charge < -0.3 is 9.84 Å². The molecule has 4 heteroatoms. The topological polar surface area (TPSA) is 46.5 Å². The molecule has 0 aromatic heterocycles. The van der Waals surface area contributed by atoms with Crippen LogP contribution in [0.2, 0.25) is 5.02 Å². The van der Waals surface area contributed by atoms with Crippen LogP contribution in [0.25, 0.3) is 0 Å². The van der Waals surface area contributed by atoms with Gasteiger partial charge in [0.05, 0.1) is 11.1 Å². The first-order chi connectivity index (χ1) is 7.41. The third-order valence-electron chi connectivity index (χ3n) is 2.33. The summed E-state index contributed by atoms with van der Waals surface area (Å²) in [5, 5.41) is 9.67. The maximum Gasteiger partial charge on any atom is 0.159 e. The van der Waals surface area contributed by atoms with Gasteiger partial charge in [-0.1, -0.05) is 11.6 Å². The molecule has 0 amide bonds. The van der Waals surface area contributed by atoms with Crippen molar-refractivity contribution in [3.8, 4) is 5.75 Å². The van der Waals surface area contributed by atoms with E-state index in [4.69, 9.17) is 16.3 Å². The van der Waals surface area contributed by atoms with Gasteiger partial charge in [-0.05, 0) is 39.0 Å². The van der Waals surface area contributed by atoms with Crippen molar-refractivity contribution in [1.29, 1.82) is 0 Å². The number of carbonyl (C=O) groups excluding carboxylic acids is 1. The quantitative estimate of drug-likeness (QED) is 0.826. The van der Waals surface area contributed by atoms with E-state index in [9.17, 15) is 9.90 Å². The molecule has 16 heavy (non-hydrogen) atoms. The summed E-state index contributed by atoms with van der Waals surface area (Å²) >= 11 is 5.96. The van der Waals surface area contributed by atoms with Crippen LogP contribution >= 0.6 is 11.6 Å². The molecule has 2 atom stereocenters. The first-order valence-electron chi connectivity index (χ1n) is 5.07. The Hall–Kier alpha value is -1.06. The van der Waals surface area contributed by atoms with Gasteiger partial charge in [0.25, 0.3) is 0 Å². The van der Waals surface area contributed by atoms with Crippen molar-refractivity contribution in [3.63, 3.8) is 0 Å². The molecule has 88 valence electrons. The molecular formula is C12H15ClO3. The highest BCUT2D eigenvalue weighted by Gasteiger charge is 2.13. The van der Waals surface area contributed by atoms with Crippen LogP contribution in [0.5, 0.6) is 5.75 Å². The van der Waals surface area contributed by atoms with Crippen LogP contribution in [0.15, 0.2) is 18.2 Å². The second-order valence-electron chi connectivity index (χ2n) is 3.76. The average molecular weight is 243 g/mol. The van der Waals surface area contributed by atoms with Gasteiger partial charge in [-0.3, -0.25) is 4.79 Å². The Labute approximate surface area is 100.0 Å². The van der Waals surface area contributed by atoms with E-state index in [0.29, 0.717) is 16.3 Å². The number of ether oxygens (including phenoxy) is 1. The number of aliphatic hydroxyl groups is 1. The van der Waals surface area contributed by atoms with E-state index in [2.05, 4.69) is 0 Å². The van der Waals surface area contributed by atoms with Crippen molar-refractivity contribution < 1.29 is 14.6 Å². The van der Waals surface area contributed by atoms with Gasteiger partial charge in [-0.25, -0.2) is 0 Å². The number of hydrogen-bond acceptors (Lipinski definition) is 3. The Bertz CT molecular complexity index is 388. The molecule has 1 N–H and O–H groups in total. The number of rotatable bonds is 4. The van der Waals surface area contributed by atoms with Crippen LogP contribution in [-0.4, -0.2) is 23.1 Å². The number of hydrogen-bond donors (Lipinski definition) is 1. The first-order valence-corrected chi connectivity index (χ1v) is 5.45. The summed E-state index contributed by atoms with van der Waals surface area (Å²) in [5.74, 6) is 0.428. The third kappa shape index (κ3) is 3.22. The van der Waals surface area contributed by atoms with Crippen LogP contribution in [0.1, 0.15) is 31.1 Å². The SMILES string of the molecule is CC(=O)c1ccc(OC(C)C(C)O)c(Cl)c1. The van der Waals surface area contributed by atoms with Crippen molar-refractivity contribution in [2.45, 2.75) is 33.0 Å². The maximum atomic E-state index is 11.1. The predicted octanol–water partition coefficient (Wildman–Crippen LogP) is 2.69. The number of Topliss-reactive ketones (excluding diaryl/α,β-unsaturated/α-hetero) is 1. The normalized spacial score (nSPS) is 14.3. The van der Waals surface area contributed by atoms with Crippen LogP contribution < -0.4 is 4.74 Å². The molecule has 0 bridgehead atoms. The Morgan fingerprint density at radius 1 is 1.44 bits per heavy atom. The van der Waals surface area contributed by atoms with Crippen molar-refractivity contribution in [3.05, 3.63) is 28.8 Å². The molecule has 0 spiro atoms. The lowest BCUT2D eigenvalue weighted by Gasteiger charge is -2.18. The number of benzene rings is 1. The summed E-state index contributed by atoms with van der Waals surface area (Å²) in [7, 11) is 0. The third-order valence-corrected chi connectivity index (χ3v) is 2.63. The lowest BCUT2D eigenvalue weighted by Crippen LogP contribution is -2.25. The van der Waals surface area contributed by atoms with Gasteiger partial charge in [0.2, 0.25) is 0 Å². The average Bonchev–Trinajstić information content (AvgIpc) is 2.20. The zero-order valence-electron chi connectivity index (χ0n) is 9.53. The smallest absolute Gasteiger partial charge is 0.159 e. The van der Waals surface area contributed by atoms with Crippen LogP contribution in [0.3, 0.4) is 0 Å². The minimum atomic E-state index is -0.580. The molecule has 0 aliphatic carbocycles. The molecule has 1 rings (SSSR count). The minimum Gasteiger partial charge on any atom is -0.486 e. The number of halogens is 1. The summed E-state index contributed by atoms with van der Waals surface area (Å²) in [6.07, 6.45) is -0.927. The summed E-state index contributed by atoms with van der Waals surface area (Å²) in [6.45, 7) is 4.87. The van der Waals surface area contributed by atoms with Gasteiger partial charge in [0.15, 0.2) is 5.78 Å². The second kappa shape index (κ2) is 5.32. The van der Waals surface area contributed by atoms with E-state index in [0.717, 1.165) is 0 Å². The maximum absolute atomic E-state index is 11.1. The van der Waals surface area contributed by atoms with E-state index < -0.39 is 6.10 Å². The van der Waals surface area contributed by atoms with E-state index >= 15 is 0 Å². The van der Waals surface area contributed by atoms with Gasteiger partial charge in [0, 0.05) is 5.56 Å². The molecule has 0 radical (unpaired) electrons. The molecule has 0 fully saturated rings. The first kappa shape index (κ1) is 13.0. The fourth-order valence-corrected chi connectivity index (χ4v) is 1.34. The van der Waals surface area contributed by atoms with E-state index in [-0.39, 0.29) is 11.9 Å². The number of carbonyl (C=O) groups is 1. The molecule has 0 heterocycles. The zero-order chi connectivity index (χ0) is 12.3. The summed E-state index contributed by atoms with van der Waals surface area (Å²) in [6, 6.07) is 4.85. The monoisotopic (exact) mass is 242 g/mol. The van der Waals surface area contributed by atoms with Gasteiger partial charge in [-0.2, -0.15) is 0 Å². The summed E-state index contributed by atoms with van der Waals surface area (Å²) in [4.78, 5) is 11.1. The molecule has 0 saturated carbocycles. The summed E-state index contributed by atoms with van der Waals surface area (Å²) < 4.78 is 5.45. The molecule has 2 unspecified atom stereocenters. The molecule has 0 saturated heterocycles. The summed E-state index contributed by atoms with van der Waals surface area (Å²) in [5.41, 5.74) is 0.544. The van der Waals surface area contributed by atoms with Crippen LogP contribution in [0, 0.1) is 0 Å². The molecule has 1 aromatic rings. The fourth-order valence-electron chi connectivity index (χ4n) is 1.11. The Morgan fingerprint density at radius 3 is 2.50 bits per heavy atom. The van der Waals surface area contributed by atoms with Crippen molar-refractivity contribution in [1.82, 2.24) is 0 Å². The Balaban J connectivity index is 2.87. The van der Waals surface area contributed by atoms with Gasteiger partial charge in [0.1, 0.15) is 11.9 Å². The lowest BCUT2D eigenvalue weighted by atomic mass is 10.1. The lowest BCUT2D eigenvalue weighted by molar-refractivity contribution is 0.0605. The van der Waals surface area contributed by atoms with E-state index in [1.54, 1.807) is 32.0 Å². The van der Waals surface area contributed by atoms with Gasteiger partial charge >= 0.3 is 0 Å². The minimum absolute atomic E-state index is 0.0444. The molecule has 1 aromatic carbocycles. The highest BCUT2D eigenvalue weighted by atomic mass is 35.5. The van der Waals surface area contributed by atoms with Crippen LogP contribution in [0.4, 0.5) is 0 Å². The Morgan fingerprint density at radius 2 is 2.06 bits per heavy atom. The number of aliphatic hydroxyl groups excluding tert-OH is 1. The Kier molecular flexibility index (Phi) is 4.33. The fraction of sp³-hybridized carbons (Fsp3) is 0.417. The van der Waals surface area contributed by atoms with E-state index in [1.807, 2.05) is 0 Å². The van der Waals surface area contributed by atoms with Gasteiger partial charge in [-0.15, -0.1) is 0 Å². The van der Waals surface area contributed by atoms with Crippen LogP contribution in [-0.2, 0) is 0 Å². The number of ketones is 1. The van der Waals surface area contributed by atoms with Crippen molar-refractivity contribution in [2.24, 2.45) is 0 Å².